The summed E-state index contributed by atoms with van der Waals surface area (Å²) in [6.45, 7) is 1.79. The highest BCUT2D eigenvalue weighted by Gasteiger charge is 2.65. The number of fused-ring (bicyclic) bond motifs is 5. The first-order chi connectivity index (χ1) is 9.49. The van der Waals surface area contributed by atoms with Crippen LogP contribution in [0, 0.1) is 30.6 Å². The first kappa shape index (κ1) is 12.7. The van der Waals surface area contributed by atoms with E-state index in [0.29, 0.717) is 23.1 Å². The zero-order valence-electron chi connectivity index (χ0n) is 11.5. The lowest BCUT2D eigenvalue weighted by atomic mass is 10.0. The smallest absolute Gasteiger partial charge is 0.243 e. The highest BCUT2D eigenvalue weighted by Crippen LogP contribution is 2.65. The molecule has 0 aromatic heterocycles. The molecule has 4 unspecified atom stereocenters. The first-order valence-corrected chi connectivity index (χ1v) is 8.85. The number of rotatable bonds is 3. The van der Waals surface area contributed by atoms with Gasteiger partial charge in [-0.2, -0.15) is 0 Å². The number of anilines is 1. The summed E-state index contributed by atoms with van der Waals surface area (Å²) in [4.78, 5) is 0.261. The van der Waals surface area contributed by atoms with Crippen molar-refractivity contribution in [3.05, 3.63) is 23.8 Å². The van der Waals surface area contributed by atoms with Crippen molar-refractivity contribution in [3.8, 4) is 0 Å². The van der Waals surface area contributed by atoms with Gasteiger partial charge in [0.2, 0.25) is 10.0 Å². The monoisotopic (exact) mass is 292 g/mol. The van der Waals surface area contributed by atoms with Gasteiger partial charge in [-0.05, 0) is 61.5 Å². The van der Waals surface area contributed by atoms with E-state index < -0.39 is 10.0 Å². The van der Waals surface area contributed by atoms with E-state index in [9.17, 15) is 8.42 Å². The number of nitrogens with two attached hydrogens (primary N) is 1. The summed E-state index contributed by atoms with van der Waals surface area (Å²) in [5.74, 6) is 2.70. The van der Waals surface area contributed by atoms with Crippen LogP contribution < -0.4 is 10.5 Å². The van der Waals surface area contributed by atoms with Gasteiger partial charge >= 0.3 is 0 Å². The van der Waals surface area contributed by atoms with E-state index in [1.165, 1.54) is 19.3 Å². The first-order valence-electron chi connectivity index (χ1n) is 7.36. The fourth-order valence-corrected chi connectivity index (χ4v) is 6.42. The topological polar surface area (TPSA) is 72.2 Å². The van der Waals surface area contributed by atoms with E-state index >= 15 is 0 Å². The Bertz CT molecular complexity index is 634. The summed E-state index contributed by atoms with van der Waals surface area (Å²) >= 11 is 0. The van der Waals surface area contributed by atoms with Gasteiger partial charge in [-0.3, -0.25) is 0 Å². The molecule has 0 spiro atoms. The Morgan fingerprint density at radius 3 is 2.45 bits per heavy atom. The van der Waals surface area contributed by atoms with Crippen molar-refractivity contribution in [1.82, 2.24) is 4.72 Å². The molecule has 3 fully saturated rings. The largest absolute Gasteiger partial charge is 0.398 e. The normalized spacial score (nSPS) is 38.0. The Morgan fingerprint density at radius 1 is 1.20 bits per heavy atom. The second-order valence-corrected chi connectivity index (χ2v) is 8.28. The lowest BCUT2D eigenvalue weighted by Gasteiger charge is -2.14. The number of hydrogen-bond acceptors (Lipinski definition) is 3. The van der Waals surface area contributed by atoms with E-state index in [-0.39, 0.29) is 10.9 Å². The molecule has 108 valence electrons. The maximum absolute atomic E-state index is 12.6. The summed E-state index contributed by atoms with van der Waals surface area (Å²) in [6, 6.07) is 5.39. The lowest BCUT2D eigenvalue weighted by molar-refractivity contribution is 0.456. The van der Waals surface area contributed by atoms with Gasteiger partial charge in [0.25, 0.3) is 0 Å². The van der Waals surface area contributed by atoms with Gasteiger partial charge in [-0.1, -0.05) is 12.1 Å². The van der Waals surface area contributed by atoms with Crippen LogP contribution in [0.5, 0.6) is 0 Å². The molecule has 0 saturated heterocycles. The molecule has 5 heteroatoms. The van der Waals surface area contributed by atoms with Gasteiger partial charge in [0, 0.05) is 6.04 Å². The molecular weight excluding hydrogens is 272 g/mol. The zero-order valence-corrected chi connectivity index (χ0v) is 12.4. The third kappa shape index (κ3) is 1.66. The Kier molecular flexibility index (Phi) is 2.52. The van der Waals surface area contributed by atoms with E-state index in [2.05, 4.69) is 4.72 Å². The predicted octanol–water partition coefficient (Wildman–Crippen LogP) is 1.90. The summed E-state index contributed by atoms with van der Waals surface area (Å²) in [5, 5.41) is 0. The molecule has 0 heterocycles. The van der Waals surface area contributed by atoms with Crippen molar-refractivity contribution < 1.29 is 8.42 Å². The number of nitrogen functional groups attached to an aromatic ring is 1. The Balaban J connectivity index is 1.60. The number of benzene rings is 1. The van der Waals surface area contributed by atoms with Crippen molar-refractivity contribution in [1.29, 1.82) is 0 Å². The highest BCUT2D eigenvalue weighted by atomic mass is 32.2. The molecule has 4 rings (SSSR count). The van der Waals surface area contributed by atoms with Gasteiger partial charge in [-0.15, -0.1) is 0 Å². The van der Waals surface area contributed by atoms with Crippen LogP contribution in [0.2, 0.25) is 0 Å². The maximum atomic E-state index is 12.6. The molecule has 0 radical (unpaired) electrons. The van der Waals surface area contributed by atoms with Crippen LogP contribution in [0.3, 0.4) is 0 Å². The van der Waals surface area contributed by atoms with Gasteiger partial charge in [-0.25, -0.2) is 13.1 Å². The van der Waals surface area contributed by atoms with Crippen LogP contribution in [-0.4, -0.2) is 14.5 Å². The van der Waals surface area contributed by atoms with Crippen molar-refractivity contribution in [3.63, 3.8) is 0 Å². The number of hydrogen-bond donors (Lipinski definition) is 2. The van der Waals surface area contributed by atoms with Crippen LogP contribution in [0.15, 0.2) is 23.1 Å². The summed E-state index contributed by atoms with van der Waals surface area (Å²) in [5.41, 5.74) is 6.92. The van der Waals surface area contributed by atoms with Gasteiger partial charge in [0.1, 0.15) is 4.90 Å². The molecule has 20 heavy (non-hydrogen) atoms. The summed E-state index contributed by atoms with van der Waals surface area (Å²) < 4.78 is 28.1. The van der Waals surface area contributed by atoms with Gasteiger partial charge < -0.3 is 5.73 Å². The number of sulfonamides is 1. The summed E-state index contributed by atoms with van der Waals surface area (Å²) in [6.07, 6.45) is 3.90. The van der Waals surface area contributed by atoms with Crippen LogP contribution >= 0.6 is 0 Å². The van der Waals surface area contributed by atoms with E-state index in [1.54, 1.807) is 25.1 Å². The van der Waals surface area contributed by atoms with Crippen LogP contribution in [0.25, 0.3) is 0 Å². The third-order valence-corrected chi connectivity index (χ3v) is 7.22. The lowest BCUT2D eigenvalue weighted by Crippen LogP contribution is -2.31. The SMILES string of the molecule is Cc1cccc(N)c1S(=O)(=O)NC1C2C3CCC(C3)C12. The molecule has 1 aromatic carbocycles. The molecule has 0 aliphatic heterocycles. The number of nitrogens with one attached hydrogen (secondary N) is 1. The van der Waals surface area contributed by atoms with Gasteiger partial charge in [0.05, 0.1) is 5.69 Å². The minimum Gasteiger partial charge on any atom is -0.398 e. The van der Waals surface area contributed by atoms with E-state index in [4.69, 9.17) is 5.73 Å². The highest BCUT2D eigenvalue weighted by molar-refractivity contribution is 7.89. The molecule has 3 aliphatic rings. The molecule has 4 nitrogen and oxygen atoms in total. The molecule has 4 atom stereocenters. The number of aryl methyl sites for hydroxylation is 1. The Hall–Kier alpha value is -1.07. The standard InChI is InChI=1S/C15H20N2O2S/c1-8-3-2-4-11(16)15(8)20(18,19)17-14-12-9-5-6-10(7-9)13(12)14/h2-4,9-10,12-14,17H,5-7,16H2,1H3. The van der Waals surface area contributed by atoms with Gasteiger partial charge in [0.15, 0.2) is 0 Å². The Morgan fingerprint density at radius 2 is 1.85 bits per heavy atom. The maximum Gasteiger partial charge on any atom is 0.243 e. The Labute approximate surface area is 119 Å². The molecule has 3 saturated carbocycles. The van der Waals surface area contributed by atoms with E-state index in [1.807, 2.05) is 0 Å². The second kappa shape index (κ2) is 3.98. The quantitative estimate of drug-likeness (QED) is 0.836. The minimum atomic E-state index is -3.49. The van der Waals surface area contributed by atoms with Crippen molar-refractivity contribution in [2.24, 2.45) is 23.7 Å². The molecule has 1 aromatic rings. The van der Waals surface area contributed by atoms with Crippen LogP contribution in [0.1, 0.15) is 24.8 Å². The van der Waals surface area contributed by atoms with E-state index in [0.717, 1.165) is 11.8 Å². The molecule has 0 amide bonds. The van der Waals surface area contributed by atoms with Crippen molar-refractivity contribution in [2.75, 3.05) is 5.73 Å². The summed E-state index contributed by atoms with van der Waals surface area (Å²) in [7, 11) is -3.49. The minimum absolute atomic E-state index is 0.158. The fourth-order valence-electron chi connectivity index (χ4n) is 4.76. The predicted molar refractivity (Wildman–Crippen MR) is 77.5 cm³/mol. The average Bonchev–Trinajstić information content (AvgIpc) is 2.78. The molecular formula is C15H20N2O2S. The van der Waals surface area contributed by atoms with Crippen molar-refractivity contribution >= 4 is 15.7 Å². The zero-order chi connectivity index (χ0) is 14.1. The van der Waals surface area contributed by atoms with Crippen LogP contribution in [0.4, 0.5) is 5.69 Å². The molecule has 2 bridgehead atoms. The second-order valence-electron chi connectivity index (χ2n) is 6.63. The molecule has 3 N–H and O–H groups in total. The fraction of sp³-hybridized carbons (Fsp3) is 0.600. The third-order valence-electron chi connectivity index (χ3n) is 5.54. The molecule has 3 aliphatic carbocycles. The van der Waals surface area contributed by atoms with Crippen molar-refractivity contribution in [2.45, 2.75) is 37.1 Å². The average molecular weight is 292 g/mol. The van der Waals surface area contributed by atoms with Crippen LogP contribution in [-0.2, 0) is 10.0 Å².